The molecule has 3 nitrogen and oxygen atoms in total. The molecule has 0 aliphatic rings. The SMILES string of the molecule is CC(O)(COc1ccccc1O)c1ccccc1. The number of hydrogen-bond acceptors (Lipinski definition) is 3. The fourth-order valence-electron chi connectivity index (χ4n) is 1.68. The van der Waals surface area contributed by atoms with Crippen LogP contribution < -0.4 is 4.74 Å². The zero-order chi connectivity index (χ0) is 13.0. The van der Waals surface area contributed by atoms with Crippen LogP contribution in [0.4, 0.5) is 0 Å². The van der Waals surface area contributed by atoms with Crippen LogP contribution in [-0.2, 0) is 5.60 Å². The van der Waals surface area contributed by atoms with E-state index in [9.17, 15) is 10.2 Å². The maximum absolute atomic E-state index is 10.3. The van der Waals surface area contributed by atoms with Gasteiger partial charge in [-0.3, -0.25) is 0 Å². The Balaban J connectivity index is 2.08. The summed E-state index contributed by atoms with van der Waals surface area (Å²) >= 11 is 0. The van der Waals surface area contributed by atoms with Crippen LogP contribution in [0.5, 0.6) is 11.5 Å². The summed E-state index contributed by atoms with van der Waals surface area (Å²) in [4.78, 5) is 0. The predicted octanol–water partition coefficient (Wildman–Crippen LogP) is 2.68. The first-order chi connectivity index (χ1) is 8.59. The maximum Gasteiger partial charge on any atom is 0.161 e. The van der Waals surface area contributed by atoms with Gasteiger partial charge >= 0.3 is 0 Å². The summed E-state index contributed by atoms with van der Waals surface area (Å²) in [6.45, 7) is 1.76. The van der Waals surface area contributed by atoms with Crippen molar-refractivity contribution < 1.29 is 14.9 Å². The molecular formula is C15H16O3. The molecule has 0 heterocycles. The molecule has 3 heteroatoms. The van der Waals surface area contributed by atoms with Crippen LogP contribution in [0.3, 0.4) is 0 Å². The first-order valence-electron chi connectivity index (χ1n) is 5.78. The number of phenolic OH excluding ortho intramolecular Hbond substituents is 1. The molecule has 2 aromatic rings. The Morgan fingerprint density at radius 2 is 1.61 bits per heavy atom. The van der Waals surface area contributed by atoms with Gasteiger partial charge in [-0.25, -0.2) is 0 Å². The van der Waals surface area contributed by atoms with E-state index in [4.69, 9.17) is 4.74 Å². The van der Waals surface area contributed by atoms with Gasteiger partial charge in [0.05, 0.1) is 0 Å². The van der Waals surface area contributed by atoms with Crippen LogP contribution in [0.2, 0.25) is 0 Å². The smallest absolute Gasteiger partial charge is 0.161 e. The molecule has 1 atom stereocenters. The predicted molar refractivity (Wildman–Crippen MR) is 69.6 cm³/mol. The van der Waals surface area contributed by atoms with E-state index in [0.29, 0.717) is 5.75 Å². The zero-order valence-corrected chi connectivity index (χ0v) is 10.2. The number of benzene rings is 2. The number of aromatic hydroxyl groups is 1. The summed E-state index contributed by atoms with van der Waals surface area (Å²) in [5.41, 5.74) is -0.316. The minimum atomic E-state index is -1.09. The highest BCUT2D eigenvalue weighted by Crippen LogP contribution is 2.27. The largest absolute Gasteiger partial charge is 0.504 e. The quantitative estimate of drug-likeness (QED) is 0.869. The van der Waals surface area contributed by atoms with E-state index in [1.807, 2.05) is 30.3 Å². The van der Waals surface area contributed by atoms with Crippen LogP contribution >= 0.6 is 0 Å². The van der Waals surface area contributed by atoms with Gasteiger partial charge in [0.1, 0.15) is 12.2 Å². The second-order valence-corrected chi connectivity index (χ2v) is 4.40. The summed E-state index contributed by atoms with van der Waals surface area (Å²) in [5, 5.41) is 19.9. The minimum Gasteiger partial charge on any atom is -0.504 e. The molecule has 2 rings (SSSR count). The summed E-state index contributed by atoms with van der Waals surface area (Å²) in [5.74, 6) is 0.440. The molecule has 0 saturated carbocycles. The van der Waals surface area contributed by atoms with Crippen molar-refractivity contribution in [2.24, 2.45) is 0 Å². The van der Waals surface area contributed by atoms with Gasteiger partial charge < -0.3 is 14.9 Å². The summed E-state index contributed by atoms with van der Waals surface area (Å²) < 4.78 is 5.46. The molecule has 0 aliphatic carbocycles. The highest BCUT2D eigenvalue weighted by atomic mass is 16.5. The number of phenols is 1. The fourth-order valence-corrected chi connectivity index (χ4v) is 1.68. The summed E-state index contributed by atoms with van der Waals surface area (Å²) in [6, 6.07) is 16.0. The van der Waals surface area contributed by atoms with Crippen molar-refractivity contribution in [1.82, 2.24) is 0 Å². The van der Waals surface area contributed by atoms with Gasteiger partial charge in [0.25, 0.3) is 0 Å². The summed E-state index contributed by atoms with van der Waals surface area (Å²) in [6.07, 6.45) is 0. The van der Waals surface area contributed by atoms with Crippen molar-refractivity contribution >= 4 is 0 Å². The Morgan fingerprint density at radius 3 is 2.28 bits per heavy atom. The normalized spacial score (nSPS) is 13.9. The van der Waals surface area contributed by atoms with Gasteiger partial charge in [-0.1, -0.05) is 42.5 Å². The molecule has 1 unspecified atom stereocenters. The van der Waals surface area contributed by atoms with Crippen LogP contribution in [0.15, 0.2) is 54.6 Å². The molecule has 0 fully saturated rings. The molecule has 0 saturated heterocycles. The molecule has 0 amide bonds. The number of aliphatic hydroxyl groups is 1. The minimum absolute atomic E-state index is 0.0707. The molecule has 18 heavy (non-hydrogen) atoms. The second-order valence-electron chi connectivity index (χ2n) is 4.40. The average Bonchev–Trinajstić information content (AvgIpc) is 2.39. The lowest BCUT2D eigenvalue weighted by Crippen LogP contribution is -2.29. The lowest BCUT2D eigenvalue weighted by Gasteiger charge is -2.24. The Kier molecular flexibility index (Phi) is 3.53. The van der Waals surface area contributed by atoms with E-state index in [0.717, 1.165) is 5.56 Å². The van der Waals surface area contributed by atoms with E-state index >= 15 is 0 Å². The van der Waals surface area contributed by atoms with Crippen LogP contribution in [-0.4, -0.2) is 16.8 Å². The van der Waals surface area contributed by atoms with Crippen LogP contribution in [0.1, 0.15) is 12.5 Å². The fraction of sp³-hybridized carbons (Fsp3) is 0.200. The van der Waals surface area contributed by atoms with E-state index in [2.05, 4.69) is 0 Å². The number of ether oxygens (including phenoxy) is 1. The molecule has 0 bridgehead atoms. The Hall–Kier alpha value is -2.00. The Morgan fingerprint density at radius 1 is 1.00 bits per heavy atom. The third-order valence-electron chi connectivity index (χ3n) is 2.77. The third-order valence-corrected chi connectivity index (χ3v) is 2.77. The number of hydrogen-bond donors (Lipinski definition) is 2. The molecule has 94 valence electrons. The Bertz CT molecular complexity index is 506. The lowest BCUT2D eigenvalue weighted by molar-refractivity contribution is 0.00689. The van der Waals surface area contributed by atoms with E-state index in [-0.39, 0.29) is 12.4 Å². The maximum atomic E-state index is 10.3. The summed E-state index contributed by atoms with van der Waals surface area (Å²) in [7, 11) is 0. The van der Waals surface area contributed by atoms with Crippen molar-refractivity contribution in [1.29, 1.82) is 0 Å². The number of para-hydroxylation sites is 2. The molecule has 0 radical (unpaired) electrons. The van der Waals surface area contributed by atoms with Gasteiger partial charge in [0, 0.05) is 0 Å². The molecule has 2 aromatic carbocycles. The van der Waals surface area contributed by atoms with E-state index < -0.39 is 5.60 Å². The van der Waals surface area contributed by atoms with Gasteiger partial charge in [0.15, 0.2) is 11.5 Å². The van der Waals surface area contributed by atoms with E-state index in [1.165, 1.54) is 0 Å². The topological polar surface area (TPSA) is 49.7 Å². The molecule has 0 aliphatic heterocycles. The zero-order valence-electron chi connectivity index (χ0n) is 10.2. The second kappa shape index (κ2) is 5.10. The van der Waals surface area contributed by atoms with Crippen molar-refractivity contribution in [2.45, 2.75) is 12.5 Å². The first kappa shape index (κ1) is 12.5. The standard InChI is InChI=1S/C15H16O3/c1-15(17,12-7-3-2-4-8-12)11-18-14-10-6-5-9-13(14)16/h2-10,16-17H,11H2,1H3. The Labute approximate surface area is 106 Å². The van der Waals surface area contributed by atoms with Gasteiger partial charge in [0.2, 0.25) is 0 Å². The van der Waals surface area contributed by atoms with Crippen molar-refractivity contribution in [2.75, 3.05) is 6.61 Å². The van der Waals surface area contributed by atoms with E-state index in [1.54, 1.807) is 31.2 Å². The van der Waals surface area contributed by atoms with Crippen LogP contribution in [0.25, 0.3) is 0 Å². The van der Waals surface area contributed by atoms with Gasteiger partial charge in [-0.05, 0) is 24.6 Å². The molecule has 0 aromatic heterocycles. The first-order valence-corrected chi connectivity index (χ1v) is 5.78. The van der Waals surface area contributed by atoms with Gasteiger partial charge in [-0.15, -0.1) is 0 Å². The molecule has 2 N–H and O–H groups in total. The molecular weight excluding hydrogens is 228 g/mol. The highest BCUT2D eigenvalue weighted by Gasteiger charge is 2.24. The lowest BCUT2D eigenvalue weighted by atomic mass is 9.97. The van der Waals surface area contributed by atoms with Gasteiger partial charge in [-0.2, -0.15) is 0 Å². The number of rotatable bonds is 4. The van der Waals surface area contributed by atoms with Crippen molar-refractivity contribution in [3.63, 3.8) is 0 Å². The van der Waals surface area contributed by atoms with Crippen LogP contribution in [0, 0.1) is 0 Å². The monoisotopic (exact) mass is 244 g/mol. The van der Waals surface area contributed by atoms with Crippen molar-refractivity contribution in [3.8, 4) is 11.5 Å². The average molecular weight is 244 g/mol. The third kappa shape index (κ3) is 2.81. The highest BCUT2D eigenvalue weighted by molar-refractivity contribution is 5.38. The molecule has 0 spiro atoms. The van der Waals surface area contributed by atoms with Crippen molar-refractivity contribution in [3.05, 3.63) is 60.2 Å².